The van der Waals surface area contributed by atoms with Crippen molar-refractivity contribution in [1.29, 1.82) is 0 Å². The number of ether oxygens (including phenoxy) is 1. The van der Waals surface area contributed by atoms with Crippen molar-refractivity contribution in [2.24, 2.45) is 5.73 Å². The van der Waals surface area contributed by atoms with Crippen molar-refractivity contribution in [2.45, 2.75) is 65.5 Å². The maximum absolute atomic E-state index is 6.13. The highest BCUT2D eigenvalue weighted by Gasteiger charge is 2.17. The molecule has 0 aliphatic rings. The summed E-state index contributed by atoms with van der Waals surface area (Å²) in [5.41, 5.74) is 10.1. The molecule has 1 rings (SSSR count). The van der Waals surface area contributed by atoms with Gasteiger partial charge in [-0.3, -0.25) is 4.68 Å². The quantitative estimate of drug-likeness (QED) is 0.699. The van der Waals surface area contributed by atoms with Crippen LogP contribution in [0.1, 0.15) is 50.6 Å². The Bertz CT molecular complexity index is 374. The van der Waals surface area contributed by atoms with Crippen LogP contribution in [0.15, 0.2) is 0 Å². The summed E-state index contributed by atoms with van der Waals surface area (Å²) in [6, 6.07) is 0.243. The minimum Gasteiger partial charge on any atom is -0.385 e. The van der Waals surface area contributed by atoms with E-state index in [2.05, 4.69) is 25.5 Å². The first-order valence-corrected chi connectivity index (χ1v) is 7.49. The number of methoxy groups -OCH3 is 1. The number of nitrogens with two attached hydrogens (primary N) is 1. The molecular formula is C15H29N3O. The highest BCUT2D eigenvalue weighted by atomic mass is 16.5. The molecular weight excluding hydrogens is 238 g/mol. The van der Waals surface area contributed by atoms with Crippen molar-refractivity contribution in [1.82, 2.24) is 9.78 Å². The molecule has 1 heterocycles. The lowest BCUT2D eigenvalue weighted by atomic mass is 10.00. The lowest BCUT2D eigenvalue weighted by molar-refractivity contribution is 0.188. The van der Waals surface area contributed by atoms with Gasteiger partial charge >= 0.3 is 0 Å². The average molecular weight is 267 g/mol. The lowest BCUT2D eigenvalue weighted by Crippen LogP contribution is -2.22. The predicted molar refractivity (Wildman–Crippen MR) is 79.4 cm³/mol. The minimum atomic E-state index is 0.243. The third-order valence-electron chi connectivity index (χ3n) is 3.63. The first-order chi connectivity index (χ1) is 9.17. The molecule has 0 aliphatic heterocycles. The molecule has 0 radical (unpaired) electrons. The van der Waals surface area contributed by atoms with E-state index in [1.807, 2.05) is 0 Å². The van der Waals surface area contributed by atoms with Crippen LogP contribution < -0.4 is 5.73 Å². The van der Waals surface area contributed by atoms with Crippen LogP contribution in [0.3, 0.4) is 0 Å². The van der Waals surface area contributed by atoms with Gasteiger partial charge in [-0.05, 0) is 37.7 Å². The highest BCUT2D eigenvalue weighted by molar-refractivity contribution is 5.28. The Hall–Kier alpha value is -0.870. The van der Waals surface area contributed by atoms with E-state index >= 15 is 0 Å². The van der Waals surface area contributed by atoms with Gasteiger partial charge in [-0.15, -0.1) is 0 Å². The number of nitrogens with zero attached hydrogens (tertiary/aromatic N) is 2. The van der Waals surface area contributed by atoms with E-state index < -0.39 is 0 Å². The zero-order valence-electron chi connectivity index (χ0n) is 12.9. The smallest absolute Gasteiger partial charge is 0.0657 e. The summed E-state index contributed by atoms with van der Waals surface area (Å²) in [4.78, 5) is 0. The molecule has 1 aromatic rings. The molecule has 0 aliphatic carbocycles. The monoisotopic (exact) mass is 267 g/mol. The summed E-state index contributed by atoms with van der Waals surface area (Å²) in [6.45, 7) is 8.23. The second-order valence-electron chi connectivity index (χ2n) is 5.02. The molecule has 0 fully saturated rings. The Morgan fingerprint density at radius 3 is 2.53 bits per heavy atom. The van der Waals surface area contributed by atoms with Crippen LogP contribution in [0.5, 0.6) is 0 Å². The van der Waals surface area contributed by atoms with Crippen LogP contribution in [0.25, 0.3) is 0 Å². The molecule has 0 saturated heterocycles. The van der Waals surface area contributed by atoms with Gasteiger partial charge in [-0.1, -0.05) is 20.8 Å². The van der Waals surface area contributed by atoms with Gasteiger partial charge in [-0.2, -0.15) is 5.10 Å². The van der Waals surface area contributed by atoms with E-state index in [0.29, 0.717) is 0 Å². The van der Waals surface area contributed by atoms with Crippen molar-refractivity contribution in [3.05, 3.63) is 17.0 Å². The Morgan fingerprint density at radius 2 is 2.00 bits per heavy atom. The molecule has 1 unspecified atom stereocenters. The van der Waals surface area contributed by atoms with Crippen LogP contribution in [0, 0.1) is 0 Å². The third kappa shape index (κ3) is 4.32. The van der Waals surface area contributed by atoms with Crippen LogP contribution in [0.2, 0.25) is 0 Å². The SMILES string of the molecule is CCc1nn(CCCOC)c(CC)c1CC(N)CC. The summed E-state index contributed by atoms with van der Waals surface area (Å²) in [5, 5.41) is 4.76. The van der Waals surface area contributed by atoms with Crippen LogP contribution in [-0.2, 0) is 30.5 Å². The second-order valence-corrected chi connectivity index (χ2v) is 5.02. The van der Waals surface area contributed by atoms with E-state index in [0.717, 1.165) is 45.3 Å². The number of rotatable bonds is 9. The maximum Gasteiger partial charge on any atom is 0.0657 e. The van der Waals surface area contributed by atoms with Crippen LogP contribution in [-0.4, -0.2) is 29.5 Å². The van der Waals surface area contributed by atoms with Crippen LogP contribution in [0.4, 0.5) is 0 Å². The summed E-state index contributed by atoms with van der Waals surface area (Å²) < 4.78 is 7.28. The molecule has 0 amide bonds. The van der Waals surface area contributed by atoms with Crippen molar-refractivity contribution in [3.63, 3.8) is 0 Å². The standard InChI is InChI=1S/C15H29N3O/c1-5-12(16)11-13-14(6-2)17-18(15(13)7-3)9-8-10-19-4/h12H,5-11,16H2,1-4H3. The van der Waals surface area contributed by atoms with E-state index in [9.17, 15) is 0 Å². The lowest BCUT2D eigenvalue weighted by Gasteiger charge is -2.11. The Balaban J connectivity index is 2.92. The topological polar surface area (TPSA) is 53.1 Å². The van der Waals surface area contributed by atoms with E-state index in [4.69, 9.17) is 15.6 Å². The molecule has 0 bridgehead atoms. The van der Waals surface area contributed by atoms with Gasteiger partial charge in [0.2, 0.25) is 0 Å². The maximum atomic E-state index is 6.13. The Morgan fingerprint density at radius 1 is 1.26 bits per heavy atom. The number of aryl methyl sites for hydroxylation is 2. The van der Waals surface area contributed by atoms with Crippen molar-refractivity contribution in [3.8, 4) is 0 Å². The molecule has 110 valence electrons. The Kier molecular flexibility index (Phi) is 7.10. The molecule has 1 aromatic heterocycles. The van der Waals surface area contributed by atoms with Gasteiger partial charge < -0.3 is 10.5 Å². The van der Waals surface area contributed by atoms with E-state index in [-0.39, 0.29) is 6.04 Å². The van der Waals surface area contributed by atoms with E-state index in [1.54, 1.807) is 7.11 Å². The predicted octanol–water partition coefficient (Wildman–Crippen LogP) is 2.32. The largest absolute Gasteiger partial charge is 0.385 e. The zero-order chi connectivity index (χ0) is 14.3. The molecule has 0 spiro atoms. The zero-order valence-corrected chi connectivity index (χ0v) is 12.9. The molecule has 19 heavy (non-hydrogen) atoms. The normalized spacial score (nSPS) is 12.9. The third-order valence-corrected chi connectivity index (χ3v) is 3.63. The second kappa shape index (κ2) is 8.33. The molecule has 1 atom stereocenters. The van der Waals surface area contributed by atoms with Gasteiger partial charge in [0.25, 0.3) is 0 Å². The van der Waals surface area contributed by atoms with Crippen molar-refractivity contribution in [2.75, 3.05) is 13.7 Å². The summed E-state index contributed by atoms with van der Waals surface area (Å²) >= 11 is 0. The number of hydrogen-bond acceptors (Lipinski definition) is 3. The summed E-state index contributed by atoms with van der Waals surface area (Å²) in [6.07, 6.45) is 4.98. The fourth-order valence-corrected chi connectivity index (χ4v) is 2.45. The first kappa shape index (κ1) is 16.2. The van der Waals surface area contributed by atoms with Crippen molar-refractivity contribution >= 4 is 0 Å². The van der Waals surface area contributed by atoms with Crippen molar-refractivity contribution < 1.29 is 4.74 Å². The molecule has 4 nitrogen and oxygen atoms in total. The van der Waals surface area contributed by atoms with Gasteiger partial charge in [0, 0.05) is 32.0 Å². The number of hydrogen-bond donors (Lipinski definition) is 1. The fourth-order valence-electron chi connectivity index (χ4n) is 2.45. The average Bonchev–Trinajstić information content (AvgIpc) is 2.76. The van der Waals surface area contributed by atoms with Gasteiger partial charge in [0.05, 0.1) is 5.69 Å². The first-order valence-electron chi connectivity index (χ1n) is 7.49. The summed E-state index contributed by atoms with van der Waals surface area (Å²) in [5.74, 6) is 0. The Labute approximate surface area is 117 Å². The minimum absolute atomic E-state index is 0.243. The summed E-state index contributed by atoms with van der Waals surface area (Å²) in [7, 11) is 1.74. The van der Waals surface area contributed by atoms with E-state index in [1.165, 1.54) is 17.0 Å². The fraction of sp³-hybridized carbons (Fsp3) is 0.800. The number of aromatic nitrogens is 2. The van der Waals surface area contributed by atoms with Gasteiger partial charge in [0.1, 0.15) is 0 Å². The molecule has 2 N–H and O–H groups in total. The molecule has 4 heteroatoms. The molecule has 0 saturated carbocycles. The van der Waals surface area contributed by atoms with Gasteiger partial charge in [-0.25, -0.2) is 0 Å². The molecule has 0 aromatic carbocycles. The van der Waals surface area contributed by atoms with Crippen LogP contribution >= 0.6 is 0 Å². The highest BCUT2D eigenvalue weighted by Crippen LogP contribution is 2.19. The van der Waals surface area contributed by atoms with Gasteiger partial charge in [0.15, 0.2) is 0 Å².